The van der Waals surface area contributed by atoms with Crippen molar-refractivity contribution in [3.05, 3.63) is 0 Å². The Hall–Kier alpha value is -0.610. The van der Waals surface area contributed by atoms with E-state index in [1.165, 1.54) is 0 Å². The molecular weight excluding hydrogens is 192 g/mol. The Morgan fingerprint density at radius 2 is 2.27 bits per heavy atom. The van der Waals surface area contributed by atoms with Gasteiger partial charge in [0.1, 0.15) is 0 Å². The number of aliphatic hydroxyl groups excluding tert-OH is 1. The molecule has 0 heterocycles. The van der Waals surface area contributed by atoms with Gasteiger partial charge in [-0.3, -0.25) is 4.79 Å². The Bertz CT molecular complexity index is 209. The predicted molar refractivity (Wildman–Crippen MR) is 59.3 cm³/mol. The SMILES string of the molecule is CC(CCCO)NC(=O)C1(CN)CCC1. The van der Waals surface area contributed by atoms with Crippen LogP contribution in [0.4, 0.5) is 0 Å². The Kier molecular flexibility index (Phi) is 4.54. The van der Waals surface area contributed by atoms with Crippen LogP contribution in [0.1, 0.15) is 39.0 Å². The van der Waals surface area contributed by atoms with Gasteiger partial charge in [0.2, 0.25) is 5.91 Å². The molecule has 0 radical (unpaired) electrons. The highest BCUT2D eigenvalue weighted by molar-refractivity contribution is 5.84. The fourth-order valence-electron chi connectivity index (χ4n) is 1.97. The summed E-state index contributed by atoms with van der Waals surface area (Å²) >= 11 is 0. The highest BCUT2D eigenvalue weighted by atomic mass is 16.3. The molecule has 0 saturated heterocycles. The minimum Gasteiger partial charge on any atom is -0.396 e. The van der Waals surface area contributed by atoms with E-state index in [1.807, 2.05) is 6.92 Å². The summed E-state index contributed by atoms with van der Waals surface area (Å²) < 4.78 is 0. The van der Waals surface area contributed by atoms with Gasteiger partial charge < -0.3 is 16.2 Å². The fourth-order valence-corrected chi connectivity index (χ4v) is 1.97. The zero-order chi connectivity index (χ0) is 11.3. The summed E-state index contributed by atoms with van der Waals surface area (Å²) in [7, 11) is 0. The summed E-state index contributed by atoms with van der Waals surface area (Å²) in [5.74, 6) is 0.0988. The molecule has 0 aliphatic heterocycles. The van der Waals surface area contributed by atoms with E-state index in [-0.39, 0.29) is 24.0 Å². The quantitative estimate of drug-likeness (QED) is 0.599. The van der Waals surface area contributed by atoms with Crippen molar-refractivity contribution in [2.45, 2.75) is 45.1 Å². The Balaban J connectivity index is 2.34. The molecule has 1 unspecified atom stereocenters. The third-order valence-corrected chi connectivity index (χ3v) is 3.36. The van der Waals surface area contributed by atoms with E-state index in [2.05, 4.69) is 5.32 Å². The van der Waals surface area contributed by atoms with Gasteiger partial charge in [-0.05, 0) is 32.6 Å². The summed E-state index contributed by atoms with van der Waals surface area (Å²) in [6.45, 7) is 2.60. The average Bonchev–Trinajstić information content (AvgIpc) is 2.13. The van der Waals surface area contributed by atoms with Gasteiger partial charge in [0, 0.05) is 19.2 Å². The third-order valence-electron chi connectivity index (χ3n) is 3.36. The van der Waals surface area contributed by atoms with Gasteiger partial charge in [0.15, 0.2) is 0 Å². The molecule has 1 aliphatic carbocycles. The molecule has 4 nitrogen and oxygen atoms in total. The molecule has 1 aliphatic rings. The second-order valence-electron chi connectivity index (χ2n) is 4.58. The first-order valence-electron chi connectivity index (χ1n) is 5.76. The van der Waals surface area contributed by atoms with Gasteiger partial charge in [-0.15, -0.1) is 0 Å². The maximum absolute atomic E-state index is 11.9. The second kappa shape index (κ2) is 5.47. The molecular formula is C11H22N2O2. The molecule has 0 aromatic rings. The van der Waals surface area contributed by atoms with Crippen LogP contribution < -0.4 is 11.1 Å². The van der Waals surface area contributed by atoms with Gasteiger partial charge in [0.25, 0.3) is 0 Å². The highest BCUT2D eigenvalue weighted by Crippen LogP contribution is 2.40. The molecule has 0 spiro atoms. The number of aliphatic hydroxyl groups is 1. The molecule has 0 aromatic carbocycles. The Morgan fingerprint density at radius 3 is 2.67 bits per heavy atom. The number of nitrogens with one attached hydrogen (secondary N) is 1. The minimum atomic E-state index is -0.284. The first-order valence-corrected chi connectivity index (χ1v) is 5.76. The van der Waals surface area contributed by atoms with Gasteiger partial charge in [-0.25, -0.2) is 0 Å². The van der Waals surface area contributed by atoms with E-state index >= 15 is 0 Å². The molecule has 1 fully saturated rings. The summed E-state index contributed by atoms with van der Waals surface area (Å²) in [5, 5.41) is 11.7. The van der Waals surface area contributed by atoms with Gasteiger partial charge in [0.05, 0.1) is 5.41 Å². The van der Waals surface area contributed by atoms with Crippen LogP contribution in [-0.2, 0) is 4.79 Å². The lowest BCUT2D eigenvalue weighted by Crippen LogP contribution is -2.52. The van der Waals surface area contributed by atoms with E-state index < -0.39 is 0 Å². The first kappa shape index (κ1) is 12.5. The van der Waals surface area contributed by atoms with Crippen molar-refractivity contribution in [2.75, 3.05) is 13.2 Å². The van der Waals surface area contributed by atoms with Crippen molar-refractivity contribution in [2.24, 2.45) is 11.1 Å². The first-order chi connectivity index (χ1) is 7.14. The molecule has 4 heteroatoms. The van der Waals surface area contributed by atoms with Crippen molar-refractivity contribution >= 4 is 5.91 Å². The summed E-state index contributed by atoms with van der Waals surface area (Å²) in [6.07, 6.45) is 4.50. The minimum absolute atomic E-state index is 0.0988. The number of hydrogen-bond donors (Lipinski definition) is 3. The monoisotopic (exact) mass is 214 g/mol. The molecule has 1 rings (SSSR count). The zero-order valence-corrected chi connectivity index (χ0v) is 9.46. The maximum atomic E-state index is 11.9. The van der Waals surface area contributed by atoms with Crippen molar-refractivity contribution in [3.63, 3.8) is 0 Å². The van der Waals surface area contributed by atoms with E-state index in [4.69, 9.17) is 10.8 Å². The highest BCUT2D eigenvalue weighted by Gasteiger charge is 2.42. The number of carbonyl (C=O) groups is 1. The average molecular weight is 214 g/mol. The molecule has 0 bridgehead atoms. The van der Waals surface area contributed by atoms with Crippen LogP contribution in [-0.4, -0.2) is 30.2 Å². The topological polar surface area (TPSA) is 75.3 Å². The van der Waals surface area contributed by atoms with Crippen molar-refractivity contribution < 1.29 is 9.90 Å². The van der Waals surface area contributed by atoms with Gasteiger partial charge in [-0.1, -0.05) is 6.42 Å². The molecule has 1 atom stereocenters. The van der Waals surface area contributed by atoms with Crippen LogP contribution in [0.15, 0.2) is 0 Å². The van der Waals surface area contributed by atoms with Gasteiger partial charge >= 0.3 is 0 Å². The molecule has 0 aromatic heterocycles. The molecule has 1 saturated carbocycles. The normalized spacial score (nSPS) is 20.5. The van der Waals surface area contributed by atoms with E-state index in [0.717, 1.165) is 32.1 Å². The van der Waals surface area contributed by atoms with Crippen LogP contribution >= 0.6 is 0 Å². The third kappa shape index (κ3) is 2.92. The van der Waals surface area contributed by atoms with Crippen LogP contribution in [0.25, 0.3) is 0 Å². The van der Waals surface area contributed by atoms with Crippen LogP contribution in [0, 0.1) is 5.41 Å². The van der Waals surface area contributed by atoms with Crippen molar-refractivity contribution in [1.82, 2.24) is 5.32 Å². The smallest absolute Gasteiger partial charge is 0.227 e. The summed E-state index contributed by atoms with van der Waals surface area (Å²) in [5.41, 5.74) is 5.36. The maximum Gasteiger partial charge on any atom is 0.227 e. The van der Waals surface area contributed by atoms with E-state index in [1.54, 1.807) is 0 Å². The lowest BCUT2D eigenvalue weighted by molar-refractivity contribution is -0.135. The van der Waals surface area contributed by atoms with Gasteiger partial charge in [-0.2, -0.15) is 0 Å². The van der Waals surface area contributed by atoms with Crippen LogP contribution in [0.5, 0.6) is 0 Å². The number of carbonyl (C=O) groups excluding carboxylic acids is 1. The second-order valence-corrected chi connectivity index (χ2v) is 4.58. The number of rotatable bonds is 6. The number of nitrogens with two attached hydrogens (primary N) is 1. The Labute approximate surface area is 91.2 Å². The van der Waals surface area contributed by atoms with Crippen molar-refractivity contribution in [3.8, 4) is 0 Å². The van der Waals surface area contributed by atoms with Crippen molar-refractivity contribution in [1.29, 1.82) is 0 Å². The molecule has 4 N–H and O–H groups in total. The Morgan fingerprint density at radius 1 is 1.60 bits per heavy atom. The molecule has 1 amide bonds. The predicted octanol–water partition coefficient (Wildman–Crippen LogP) is 0.393. The summed E-state index contributed by atoms with van der Waals surface area (Å²) in [6, 6.07) is 0.133. The van der Waals surface area contributed by atoms with E-state index in [0.29, 0.717) is 6.54 Å². The summed E-state index contributed by atoms with van der Waals surface area (Å²) in [4.78, 5) is 11.9. The number of amides is 1. The van der Waals surface area contributed by atoms with Crippen LogP contribution in [0.3, 0.4) is 0 Å². The number of hydrogen-bond acceptors (Lipinski definition) is 3. The molecule has 15 heavy (non-hydrogen) atoms. The molecule has 88 valence electrons. The largest absolute Gasteiger partial charge is 0.396 e. The van der Waals surface area contributed by atoms with E-state index in [9.17, 15) is 4.79 Å². The fraction of sp³-hybridized carbons (Fsp3) is 0.909. The zero-order valence-electron chi connectivity index (χ0n) is 9.46. The van der Waals surface area contributed by atoms with Crippen LogP contribution in [0.2, 0.25) is 0 Å². The lowest BCUT2D eigenvalue weighted by Gasteiger charge is -2.39. The standard InChI is InChI=1S/C11H22N2O2/c1-9(4-2-7-14)13-10(15)11(8-12)5-3-6-11/h9,14H,2-8,12H2,1H3,(H,13,15). The lowest BCUT2D eigenvalue weighted by atomic mass is 9.68.